The van der Waals surface area contributed by atoms with Gasteiger partial charge < -0.3 is 10.2 Å². The molecule has 2 aromatic heterocycles. The molecule has 130 valence electrons. The molecule has 1 aliphatic rings. The molecule has 1 N–H and O–H groups in total. The predicted molar refractivity (Wildman–Crippen MR) is 94.6 cm³/mol. The van der Waals surface area contributed by atoms with Crippen LogP contribution in [0.1, 0.15) is 54.6 Å². The molecule has 0 saturated carbocycles. The smallest absolute Gasteiger partial charge is 0.272 e. The quantitative estimate of drug-likeness (QED) is 0.916. The van der Waals surface area contributed by atoms with Gasteiger partial charge in [0.25, 0.3) is 5.91 Å². The summed E-state index contributed by atoms with van der Waals surface area (Å²) in [5.74, 6) is 1.12. The third kappa shape index (κ3) is 3.58. The van der Waals surface area contributed by atoms with Crippen molar-refractivity contribution in [2.45, 2.75) is 45.6 Å². The fourth-order valence-corrected chi connectivity index (χ4v) is 3.63. The van der Waals surface area contributed by atoms with Crippen LogP contribution in [0.25, 0.3) is 0 Å². The lowest BCUT2D eigenvalue weighted by atomic mass is 10.1. The Bertz CT molecular complexity index is 702. The largest absolute Gasteiger partial charge is 0.346 e. The van der Waals surface area contributed by atoms with Crippen LogP contribution in [-0.2, 0) is 7.05 Å². The number of nitrogens with one attached hydrogen (secondary N) is 1. The summed E-state index contributed by atoms with van der Waals surface area (Å²) in [5, 5.41) is 8.30. The van der Waals surface area contributed by atoms with E-state index in [1.54, 1.807) is 4.68 Å². The number of aromatic nitrogens is 4. The first-order chi connectivity index (χ1) is 11.4. The minimum absolute atomic E-state index is 0.106. The van der Waals surface area contributed by atoms with Crippen LogP contribution in [0.2, 0.25) is 0 Å². The number of carbonyl (C=O) groups excluding carboxylic acids is 1. The minimum Gasteiger partial charge on any atom is -0.346 e. The van der Waals surface area contributed by atoms with Crippen molar-refractivity contribution in [1.82, 2.24) is 24.5 Å². The molecule has 0 spiro atoms. The highest BCUT2D eigenvalue weighted by Crippen LogP contribution is 2.24. The van der Waals surface area contributed by atoms with Gasteiger partial charge in [-0.15, -0.1) is 0 Å². The third-order valence-electron chi connectivity index (χ3n) is 4.32. The van der Waals surface area contributed by atoms with Gasteiger partial charge in [-0.3, -0.25) is 9.48 Å². The molecule has 2 aromatic rings. The van der Waals surface area contributed by atoms with Gasteiger partial charge in [0.2, 0.25) is 5.13 Å². The SMILES string of the molecule is Cc1cc(C(=O)NC2CCCN(c3nc(C(C)C)ns3)C2)nn1C. The second-order valence-electron chi connectivity index (χ2n) is 6.64. The zero-order valence-corrected chi connectivity index (χ0v) is 15.4. The molecule has 1 fully saturated rings. The van der Waals surface area contributed by atoms with Gasteiger partial charge in [0, 0.05) is 49.3 Å². The lowest BCUT2D eigenvalue weighted by Gasteiger charge is -2.32. The Hall–Kier alpha value is -1.96. The van der Waals surface area contributed by atoms with E-state index in [0.29, 0.717) is 11.6 Å². The Morgan fingerprint density at radius 2 is 2.25 bits per heavy atom. The number of hydrogen-bond donors (Lipinski definition) is 1. The Morgan fingerprint density at radius 1 is 1.46 bits per heavy atom. The van der Waals surface area contributed by atoms with Crippen LogP contribution in [0.3, 0.4) is 0 Å². The van der Waals surface area contributed by atoms with Crippen molar-refractivity contribution in [3.63, 3.8) is 0 Å². The van der Waals surface area contributed by atoms with E-state index in [1.807, 2.05) is 20.0 Å². The molecule has 24 heavy (non-hydrogen) atoms. The van der Waals surface area contributed by atoms with Crippen LogP contribution in [0, 0.1) is 6.92 Å². The molecule has 1 saturated heterocycles. The van der Waals surface area contributed by atoms with Crippen LogP contribution < -0.4 is 10.2 Å². The molecule has 3 rings (SSSR count). The molecular weight excluding hydrogens is 324 g/mol. The highest BCUT2D eigenvalue weighted by Gasteiger charge is 2.25. The van der Waals surface area contributed by atoms with Gasteiger partial charge in [0.05, 0.1) is 0 Å². The van der Waals surface area contributed by atoms with Crippen molar-refractivity contribution < 1.29 is 4.79 Å². The highest BCUT2D eigenvalue weighted by atomic mass is 32.1. The number of anilines is 1. The summed E-state index contributed by atoms with van der Waals surface area (Å²) in [7, 11) is 1.84. The summed E-state index contributed by atoms with van der Waals surface area (Å²) in [6.45, 7) is 7.86. The van der Waals surface area contributed by atoms with Crippen molar-refractivity contribution in [3.8, 4) is 0 Å². The number of amides is 1. The summed E-state index contributed by atoms with van der Waals surface area (Å²) in [6, 6.07) is 1.93. The fraction of sp³-hybridized carbons (Fsp3) is 0.625. The Balaban J connectivity index is 1.63. The van der Waals surface area contributed by atoms with E-state index in [2.05, 4.69) is 38.5 Å². The number of nitrogens with zero attached hydrogens (tertiary/aromatic N) is 5. The molecule has 0 radical (unpaired) electrons. The van der Waals surface area contributed by atoms with Crippen LogP contribution in [0.15, 0.2) is 6.07 Å². The van der Waals surface area contributed by atoms with Crippen molar-refractivity contribution in [2.24, 2.45) is 7.05 Å². The number of aryl methyl sites for hydroxylation is 2. The number of hydrogen-bond acceptors (Lipinski definition) is 6. The van der Waals surface area contributed by atoms with Crippen molar-refractivity contribution in [2.75, 3.05) is 18.0 Å². The van der Waals surface area contributed by atoms with E-state index in [1.165, 1.54) is 11.5 Å². The molecular formula is C16H24N6OS. The van der Waals surface area contributed by atoms with Gasteiger partial charge >= 0.3 is 0 Å². The first kappa shape index (κ1) is 16.9. The van der Waals surface area contributed by atoms with Gasteiger partial charge in [0.1, 0.15) is 11.5 Å². The van der Waals surface area contributed by atoms with Gasteiger partial charge in [0.15, 0.2) is 0 Å². The average molecular weight is 348 g/mol. The first-order valence-corrected chi connectivity index (χ1v) is 9.11. The lowest BCUT2D eigenvalue weighted by molar-refractivity contribution is 0.0927. The van der Waals surface area contributed by atoms with Gasteiger partial charge in [-0.1, -0.05) is 13.8 Å². The maximum atomic E-state index is 12.4. The van der Waals surface area contributed by atoms with E-state index < -0.39 is 0 Å². The molecule has 0 bridgehead atoms. The van der Waals surface area contributed by atoms with Crippen LogP contribution >= 0.6 is 11.5 Å². The summed E-state index contributed by atoms with van der Waals surface area (Å²) >= 11 is 1.44. The summed E-state index contributed by atoms with van der Waals surface area (Å²) in [5.41, 5.74) is 1.45. The number of rotatable bonds is 4. The van der Waals surface area contributed by atoms with E-state index in [4.69, 9.17) is 0 Å². The monoisotopic (exact) mass is 348 g/mol. The maximum absolute atomic E-state index is 12.4. The van der Waals surface area contributed by atoms with Crippen molar-refractivity contribution >= 4 is 22.6 Å². The van der Waals surface area contributed by atoms with Crippen molar-refractivity contribution in [1.29, 1.82) is 0 Å². The summed E-state index contributed by atoms with van der Waals surface area (Å²) < 4.78 is 6.14. The second kappa shape index (κ2) is 6.88. The third-order valence-corrected chi connectivity index (χ3v) is 5.11. The van der Waals surface area contributed by atoms with E-state index in [-0.39, 0.29) is 11.9 Å². The van der Waals surface area contributed by atoms with E-state index in [9.17, 15) is 4.79 Å². The zero-order valence-electron chi connectivity index (χ0n) is 14.6. The molecule has 7 nitrogen and oxygen atoms in total. The van der Waals surface area contributed by atoms with Crippen LogP contribution in [0.5, 0.6) is 0 Å². The van der Waals surface area contributed by atoms with Crippen LogP contribution in [0.4, 0.5) is 5.13 Å². The molecule has 0 aromatic carbocycles. The number of carbonyl (C=O) groups is 1. The maximum Gasteiger partial charge on any atom is 0.272 e. The standard InChI is InChI=1S/C16H24N6OS/c1-10(2)14-18-16(24-20-14)22-7-5-6-12(9-22)17-15(23)13-8-11(3)21(4)19-13/h8,10,12H,5-7,9H2,1-4H3,(H,17,23). The van der Waals surface area contributed by atoms with Gasteiger partial charge in [-0.2, -0.15) is 9.47 Å². The summed E-state index contributed by atoms with van der Waals surface area (Å²) in [6.07, 6.45) is 2.01. The van der Waals surface area contributed by atoms with Crippen molar-refractivity contribution in [3.05, 3.63) is 23.3 Å². The Labute approximate surface area is 146 Å². The predicted octanol–water partition coefficient (Wildman–Crippen LogP) is 2.10. The minimum atomic E-state index is -0.106. The number of piperidine rings is 1. The highest BCUT2D eigenvalue weighted by molar-refractivity contribution is 7.09. The van der Waals surface area contributed by atoms with Crippen LogP contribution in [-0.4, -0.2) is 44.2 Å². The second-order valence-corrected chi connectivity index (χ2v) is 7.37. The molecule has 8 heteroatoms. The normalized spacial score (nSPS) is 18.2. The molecule has 3 heterocycles. The Kier molecular flexibility index (Phi) is 4.84. The topological polar surface area (TPSA) is 75.9 Å². The molecule has 1 atom stereocenters. The fourth-order valence-electron chi connectivity index (χ4n) is 2.79. The van der Waals surface area contributed by atoms with E-state index in [0.717, 1.165) is 42.6 Å². The lowest BCUT2D eigenvalue weighted by Crippen LogP contribution is -2.48. The molecule has 1 aliphatic heterocycles. The molecule has 1 amide bonds. The molecule has 0 aliphatic carbocycles. The Morgan fingerprint density at radius 3 is 2.88 bits per heavy atom. The summed E-state index contributed by atoms with van der Waals surface area (Å²) in [4.78, 5) is 19.2. The van der Waals surface area contributed by atoms with E-state index >= 15 is 0 Å². The van der Waals surface area contributed by atoms with Gasteiger partial charge in [-0.25, -0.2) is 4.98 Å². The van der Waals surface area contributed by atoms with Gasteiger partial charge in [-0.05, 0) is 25.8 Å². The zero-order chi connectivity index (χ0) is 17.3. The molecule has 1 unspecified atom stereocenters. The average Bonchev–Trinajstić information content (AvgIpc) is 3.15. The first-order valence-electron chi connectivity index (χ1n) is 8.34.